The van der Waals surface area contributed by atoms with Crippen molar-refractivity contribution in [3.8, 4) is 0 Å². The molecule has 0 aliphatic heterocycles. The molecule has 200 valence electrons. The van der Waals surface area contributed by atoms with E-state index >= 15 is 0 Å². The summed E-state index contributed by atoms with van der Waals surface area (Å²) in [6.45, 7) is 14.3. The Morgan fingerprint density at radius 2 is 1.94 bits per heavy atom. The number of ketones is 1. The van der Waals surface area contributed by atoms with Crippen LogP contribution in [0.1, 0.15) is 104 Å². The van der Waals surface area contributed by atoms with Crippen LogP contribution >= 0.6 is 11.3 Å². The van der Waals surface area contributed by atoms with Gasteiger partial charge in [0.15, 0.2) is 0 Å². The van der Waals surface area contributed by atoms with E-state index < -0.39 is 6.10 Å². The first-order valence-corrected chi connectivity index (χ1v) is 14.0. The number of nitrogens with zero attached hydrogens (tertiary/aromatic N) is 1. The van der Waals surface area contributed by atoms with Gasteiger partial charge in [-0.25, -0.2) is 4.98 Å². The highest BCUT2D eigenvalue weighted by Gasteiger charge is 2.35. The molecule has 1 rings (SSSR count). The lowest BCUT2D eigenvalue weighted by Gasteiger charge is -2.31. The first kappa shape index (κ1) is 31.7. The Morgan fingerprint density at radius 3 is 2.51 bits per heavy atom. The molecule has 0 radical (unpaired) electrons. The normalized spacial score (nSPS) is 16.7. The molecule has 6 heteroatoms. The number of aliphatic hydroxyl groups excluding tert-OH is 2. The number of aliphatic hydroxyl groups is 2. The summed E-state index contributed by atoms with van der Waals surface area (Å²) in [6.07, 6.45) is 10.2. The van der Waals surface area contributed by atoms with E-state index in [0.717, 1.165) is 56.2 Å². The second kappa shape index (κ2) is 15.7. The third-order valence-corrected chi connectivity index (χ3v) is 7.97. The SMILES string of the molecule is CCCCC(C)(C)C(=O)C(C)C(O)C(C)CCC/C(C)=C\CC(OC)/C(C)=C/c1csc(CO)n1. The van der Waals surface area contributed by atoms with E-state index in [2.05, 4.69) is 31.8 Å². The summed E-state index contributed by atoms with van der Waals surface area (Å²) in [6, 6.07) is 0. The minimum absolute atomic E-state index is 0.0205. The topological polar surface area (TPSA) is 79.7 Å². The Morgan fingerprint density at radius 1 is 1.26 bits per heavy atom. The highest BCUT2D eigenvalue weighted by molar-refractivity contribution is 7.09. The van der Waals surface area contributed by atoms with Crippen molar-refractivity contribution in [3.63, 3.8) is 0 Å². The van der Waals surface area contributed by atoms with Crippen LogP contribution in [0.3, 0.4) is 0 Å². The molecule has 5 nitrogen and oxygen atoms in total. The molecular formula is C29H49NO4S. The molecule has 1 heterocycles. The third kappa shape index (κ3) is 10.7. The second-order valence-electron chi connectivity index (χ2n) is 10.7. The first-order valence-electron chi connectivity index (χ1n) is 13.1. The van der Waals surface area contributed by atoms with Crippen molar-refractivity contribution in [2.75, 3.05) is 7.11 Å². The number of unbranched alkanes of at least 4 members (excludes halogenated alkanes) is 1. The lowest BCUT2D eigenvalue weighted by atomic mass is 9.74. The highest BCUT2D eigenvalue weighted by atomic mass is 32.1. The van der Waals surface area contributed by atoms with E-state index in [-0.39, 0.29) is 35.7 Å². The molecule has 2 N–H and O–H groups in total. The quantitative estimate of drug-likeness (QED) is 0.222. The number of aromatic nitrogens is 1. The molecule has 0 saturated carbocycles. The Balaban J connectivity index is 2.55. The lowest BCUT2D eigenvalue weighted by molar-refractivity contribution is -0.135. The van der Waals surface area contributed by atoms with Crippen molar-refractivity contribution >= 4 is 23.2 Å². The van der Waals surface area contributed by atoms with Gasteiger partial charge in [0.25, 0.3) is 0 Å². The summed E-state index contributed by atoms with van der Waals surface area (Å²) < 4.78 is 5.69. The van der Waals surface area contributed by atoms with Gasteiger partial charge in [0, 0.05) is 23.8 Å². The smallest absolute Gasteiger partial charge is 0.143 e. The van der Waals surface area contributed by atoms with Crippen molar-refractivity contribution in [1.82, 2.24) is 4.98 Å². The van der Waals surface area contributed by atoms with Crippen LogP contribution in [0.15, 0.2) is 22.6 Å². The summed E-state index contributed by atoms with van der Waals surface area (Å²) in [7, 11) is 1.72. The maximum Gasteiger partial charge on any atom is 0.143 e. The molecule has 4 unspecified atom stereocenters. The zero-order chi connectivity index (χ0) is 26.6. The molecule has 0 aliphatic carbocycles. The van der Waals surface area contributed by atoms with E-state index in [9.17, 15) is 15.0 Å². The van der Waals surface area contributed by atoms with Crippen LogP contribution in [0.25, 0.3) is 6.08 Å². The van der Waals surface area contributed by atoms with Crippen molar-refractivity contribution in [2.24, 2.45) is 17.3 Å². The Kier molecular flexibility index (Phi) is 14.2. The molecule has 1 aromatic heterocycles. The number of carbonyl (C=O) groups is 1. The summed E-state index contributed by atoms with van der Waals surface area (Å²) >= 11 is 1.45. The Hall–Kier alpha value is -1.34. The van der Waals surface area contributed by atoms with Crippen LogP contribution < -0.4 is 0 Å². The van der Waals surface area contributed by atoms with Crippen LogP contribution in [-0.2, 0) is 16.1 Å². The number of Topliss-reactive ketones (excluding diaryl/α,β-unsaturated/α-hetero) is 1. The third-order valence-electron chi connectivity index (χ3n) is 7.11. The summed E-state index contributed by atoms with van der Waals surface area (Å²) in [5.74, 6) is -0.0694. The zero-order valence-electron chi connectivity index (χ0n) is 23.3. The fraction of sp³-hybridized carbons (Fsp3) is 0.724. The molecule has 0 spiro atoms. The fourth-order valence-corrected chi connectivity index (χ4v) is 5.16. The molecule has 35 heavy (non-hydrogen) atoms. The van der Waals surface area contributed by atoms with Crippen molar-refractivity contribution < 1.29 is 19.7 Å². The predicted octanol–water partition coefficient (Wildman–Crippen LogP) is 6.98. The van der Waals surface area contributed by atoms with Gasteiger partial charge in [0.1, 0.15) is 10.8 Å². The van der Waals surface area contributed by atoms with Crippen molar-refractivity contribution in [1.29, 1.82) is 0 Å². The van der Waals surface area contributed by atoms with Gasteiger partial charge < -0.3 is 14.9 Å². The number of hydrogen-bond acceptors (Lipinski definition) is 6. The number of allylic oxidation sites excluding steroid dienone is 1. The summed E-state index contributed by atoms with van der Waals surface area (Å²) in [5, 5.41) is 22.7. The minimum Gasteiger partial charge on any atom is -0.392 e. The van der Waals surface area contributed by atoms with Gasteiger partial charge in [0.05, 0.1) is 24.5 Å². The molecule has 0 aromatic carbocycles. The molecule has 0 fully saturated rings. The summed E-state index contributed by atoms with van der Waals surface area (Å²) in [5.41, 5.74) is 2.89. The van der Waals surface area contributed by atoms with Gasteiger partial charge in [-0.3, -0.25) is 4.79 Å². The summed E-state index contributed by atoms with van der Waals surface area (Å²) in [4.78, 5) is 17.3. The van der Waals surface area contributed by atoms with E-state index in [0.29, 0.717) is 5.01 Å². The van der Waals surface area contributed by atoms with Gasteiger partial charge >= 0.3 is 0 Å². The fourth-order valence-electron chi connectivity index (χ4n) is 4.55. The van der Waals surface area contributed by atoms with Gasteiger partial charge in [-0.15, -0.1) is 11.3 Å². The lowest BCUT2D eigenvalue weighted by Crippen LogP contribution is -2.38. The van der Waals surface area contributed by atoms with Crippen molar-refractivity contribution in [3.05, 3.63) is 33.3 Å². The Bertz CT molecular complexity index is 826. The van der Waals surface area contributed by atoms with Crippen LogP contribution in [-0.4, -0.2) is 40.3 Å². The molecular weight excluding hydrogens is 458 g/mol. The molecule has 4 atom stereocenters. The molecule has 0 amide bonds. The van der Waals surface area contributed by atoms with Crippen molar-refractivity contribution in [2.45, 2.75) is 112 Å². The maximum absolute atomic E-state index is 13.0. The molecule has 0 saturated heterocycles. The number of ether oxygens (including phenoxy) is 1. The van der Waals surface area contributed by atoms with E-state index in [1.54, 1.807) is 7.11 Å². The van der Waals surface area contributed by atoms with Crippen LogP contribution in [0, 0.1) is 17.3 Å². The van der Waals surface area contributed by atoms with Gasteiger partial charge in [0.2, 0.25) is 0 Å². The number of methoxy groups -OCH3 is 1. The average molecular weight is 508 g/mol. The molecule has 1 aromatic rings. The van der Waals surface area contributed by atoms with Gasteiger partial charge in [-0.2, -0.15) is 0 Å². The van der Waals surface area contributed by atoms with Gasteiger partial charge in [-0.05, 0) is 63.5 Å². The average Bonchev–Trinajstić information content (AvgIpc) is 3.28. The van der Waals surface area contributed by atoms with E-state index in [4.69, 9.17) is 4.74 Å². The monoisotopic (exact) mass is 507 g/mol. The maximum atomic E-state index is 13.0. The largest absolute Gasteiger partial charge is 0.392 e. The molecule has 0 aliphatic rings. The first-order chi connectivity index (χ1) is 16.5. The minimum atomic E-state index is -0.601. The standard InChI is InChI=1S/C29H49NO4S/c1-9-10-16-29(6,7)28(33)23(5)27(32)21(3)13-11-12-20(2)14-15-25(34-8)22(4)17-24-19-35-26(18-31)30-24/h14,17,19,21,23,25,27,31-32H,9-13,15-16,18H2,1-8H3/b20-14-,22-17+. The Labute approximate surface area is 217 Å². The van der Waals surface area contributed by atoms with Crippen LogP contribution in [0.2, 0.25) is 0 Å². The number of hydrogen-bond donors (Lipinski definition) is 2. The zero-order valence-corrected chi connectivity index (χ0v) is 24.1. The van der Waals surface area contributed by atoms with Crippen LogP contribution in [0.4, 0.5) is 0 Å². The predicted molar refractivity (Wildman–Crippen MR) is 147 cm³/mol. The van der Waals surface area contributed by atoms with E-state index in [1.807, 2.05) is 39.2 Å². The second-order valence-corrected chi connectivity index (χ2v) is 11.7. The van der Waals surface area contributed by atoms with Gasteiger partial charge in [-0.1, -0.05) is 59.1 Å². The number of carbonyl (C=O) groups excluding carboxylic acids is 1. The number of rotatable bonds is 17. The van der Waals surface area contributed by atoms with Crippen LogP contribution in [0.5, 0.6) is 0 Å². The number of thiazole rings is 1. The van der Waals surface area contributed by atoms with E-state index in [1.165, 1.54) is 16.9 Å². The highest BCUT2D eigenvalue weighted by Crippen LogP contribution is 2.31. The molecule has 0 bridgehead atoms.